The highest BCUT2D eigenvalue weighted by atomic mass is 35.5. The van der Waals surface area contributed by atoms with E-state index in [1.165, 1.54) is 0 Å². The number of carbonyl (C=O) groups is 1. The van der Waals surface area contributed by atoms with Gasteiger partial charge in [0.05, 0.1) is 24.3 Å². The van der Waals surface area contributed by atoms with Gasteiger partial charge in [-0.15, -0.1) is 0 Å². The third-order valence-corrected chi connectivity index (χ3v) is 7.99. The van der Waals surface area contributed by atoms with Crippen LogP contribution >= 0.6 is 23.2 Å². The molecule has 5 rings (SSSR count). The van der Waals surface area contributed by atoms with E-state index in [0.29, 0.717) is 41.2 Å². The summed E-state index contributed by atoms with van der Waals surface area (Å²) in [6, 6.07) is 19.5. The normalized spacial score (nSPS) is 15.2. The van der Waals surface area contributed by atoms with Crippen LogP contribution in [0, 0.1) is 0 Å². The van der Waals surface area contributed by atoms with Gasteiger partial charge in [-0.1, -0.05) is 53.5 Å². The molecule has 1 aliphatic carbocycles. The van der Waals surface area contributed by atoms with Crippen molar-refractivity contribution in [1.29, 1.82) is 0 Å². The molecule has 1 fully saturated rings. The standard InChI is InChI=1S/C31H32Cl2N2O4/c1-37-28-12-9-20(15-29(28)38-2)19-39-24-7-3-5-21(16-24)25-13-14-34-17-26(25)31(36)35(23-10-11-23)18-22-6-4-8-27(32)30(22)33/h3-9,12,15-16,23,34H,10-11,13-14,17-19H2,1-2H3. The van der Waals surface area contributed by atoms with Crippen molar-refractivity contribution in [2.45, 2.75) is 38.5 Å². The van der Waals surface area contributed by atoms with E-state index in [4.69, 9.17) is 37.4 Å². The fourth-order valence-electron chi connectivity index (χ4n) is 4.90. The topological polar surface area (TPSA) is 60.0 Å². The monoisotopic (exact) mass is 566 g/mol. The van der Waals surface area contributed by atoms with Crippen LogP contribution in [0.4, 0.5) is 0 Å². The molecule has 2 aliphatic rings. The van der Waals surface area contributed by atoms with Gasteiger partial charge in [0.25, 0.3) is 5.91 Å². The second-order valence-corrected chi connectivity index (χ2v) is 10.6. The Balaban J connectivity index is 1.38. The second-order valence-electron chi connectivity index (χ2n) is 9.77. The largest absolute Gasteiger partial charge is 0.493 e. The highest BCUT2D eigenvalue weighted by molar-refractivity contribution is 6.42. The molecule has 0 spiro atoms. The average molecular weight is 568 g/mol. The van der Waals surface area contributed by atoms with Crippen molar-refractivity contribution in [2.75, 3.05) is 27.3 Å². The van der Waals surface area contributed by atoms with Crippen LogP contribution in [0.2, 0.25) is 10.0 Å². The van der Waals surface area contributed by atoms with Crippen LogP contribution < -0.4 is 19.5 Å². The van der Waals surface area contributed by atoms with E-state index in [9.17, 15) is 4.79 Å². The molecular formula is C31H32Cl2N2O4. The molecule has 8 heteroatoms. The first-order valence-corrected chi connectivity index (χ1v) is 13.8. The number of nitrogens with one attached hydrogen (secondary N) is 1. The summed E-state index contributed by atoms with van der Waals surface area (Å²) >= 11 is 12.7. The summed E-state index contributed by atoms with van der Waals surface area (Å²) in [7, 11) is 3.23. The third kappa shape index (κ3) is 6.35. The molecule has 0 bridgehead atoms. The molecule has 3 aromatic rings. The number of methoxy groups -OCH3 is 2. The smallest absolute Gasteiger partial charge is 0.251 e. The average Bonchev–Trinajstić information content (AvgIpc) is 3.82. The van der Waals surface area contributed by atoms with Crippen molar-refractivity contribution in [3.63, 3.8) is 0 Å². The quantitative estimate of drug-likeness (QED) is 0.302. The molecule has 0 radical (unpaired) electrons. The number of rotatable bonds is 10. The molecule has 1 saturated carbocycles. The van der Waals surface area contributed by atoms with Crippen LogP contribution in [-0.4, -0.2) is 44.2 Å². The summed E-state index contributed by atoms with van der Waals surface area (Å²) in [5, 5.41) is 4.40. The predicted molar refractivity (Wildman–Crippen MR) is 155 cm³/mol. The van der Waals surface area contributed by atoms with Gasteiger partial charge in [0.2, 0.25) is 0 Å². The molecule has 0 saturated heterocycles. The Hall–Kier alpha value is -3.19. The van der Waals surface area contributed by atoms with E-state index in [0.717, 1.165) is 59.4 Å². The first-order valence-electron chi connectivity index (χ1n) is 13.1. The molecule has 1 N–H and O–H groups in total. The van der Waals surface area contributed by atoms with Gasteiger partial charge in [0.1, 0.15) is 12.4 Å². The summed E-state index contributed by atoms with van der Waals surface area (Å²) in [5.74, 6) is 2.13. The number of benzene rings is 3. The van der Waals surface area contributed by atoms with Crippen molar-refractivity contribution in [3.8, 4) is 17.2 Å². The molecule has 1 aliphatic heterocycles. The van der Waals surface area contributed by atoms with Crippen LogP contribution in [-0.2, 0) is 17.9 Å². The van der Waals surface area contributed by atoms with E-state index >= 15 is 0 Å². The lowest BCUT2D eigenvalue weighted by Gasteiger charge is -2.28. The van der Waals surface area contributed by atoms with Gasteiger partial charge in [-0.3, -0.25) is 4.79 Å². The lowest BCUT2D eigenvalue weighted by molar-refractivity contribution is -0.128. The summed E-state index contributed by atoms with van der Waals surface area (Å²) < 4.78 is 16.9. The first-order chi connectivity index (χ1) is 19.0. The zero-order valence-corrected chi connectivity index (χ0v) is 23.6. The zero-order chi connectivity index (χ0) is 27.4. The summed E-state index contributed by atoms with van der Waals surface area (Å²) in [6.45, 7) is 2.16. The van der Waals surface area contributed by atoms with E-state index in [2.05, 4.69) is 5.32 Å². The molecule has 0 unspecified atom stereocenters. The number of hydrogen-bond acceptors (Lipinski definition) is 5. The maximum absolute atomic E-state index is 14.0. The van der Waals surface area contributed by atoms with Gasteiger partial charge in [-0.25, -0.2) is 0 Å². The number of halogens is 2. The maximum Gasteiger partial charge on any atom is 0.251 e. The van der Waals surface area contributed by atoms with Gasteiger partial charge in [-0.05, 0) is 78.4 Å². The molecule has 1 amide bonds. The number of amides is 1. The Morgan fingerprint density at radius 2 is 1.79 bits per heavy atom. The lowest BCUT2D eigenvalue weighted by Crippen LogP contribution is -2.39. The maximum atomic E-state index is 14.0. The third-order valence-electron chi connectivity index (χ3n) is 7.13. The Bertz CT molecular complexity index is 1390. The summed E-state index contributed by atoms with van der Waals surface area (Å²) in [6.07, 6.45) is 2.76. The lowest BCUT2D eigenvalue weighted by atomic mass is 9.93. The summed E-state index contributed by atoms with van der Waals surface area (Å²) in [4.78, 5) is 15.9. The second kappa shape index (κ2) is 12.3. The van der Waals surface area contributed by atoms with Crippen LogP contribution in [0.15, 0.2) is 66.2 Å². The van der Waals surface area contributed by atoms with Gasteiger partial charge in [0, 0.05) is 24.7 Å². The SMILES string of the molecule is COc1ccc(COc2cccc(C3=C(C(=O)N(Cc4cccc(Cl)c4Cl)C4CC4)CNCC3)c2)cc1OC. The number of nitrogens with zero attached hydrogens (tertiary/aromatic N) is 1. The predicted octanol–water partition coefficient (Wildman–Crippen LogP) is 6.53. The van der Waals surface area contributed by atoms with E-state index in [1.807, 2.05) is 59.5 Å². The van der Waals surface area contributed by atoms with Crippen molar-refractivity contribution < 1.29 is 19.0 Å². The van der Waals surface area contributed by atoms with Gasteiger partial charge >= 0.3 is 0 Å². The Morgan fingerprint density at radius 1 is 1.00 bits per heavy atom. The molecule has 0 aromatic heterocycles. The Morgan fingerprint density at radius 3 is 2.56 bits per heavy atom. The zero-order valence-electron chi connectivity index (χ0n) is 22.1. The molecule has 204 valence electrons. The molecule has 0 atom stereocenters. The highest BCUT2D eigenvalue weighted by Crippen LogP contribution is 2.36. The Labute approximate surface area is 239 Å². The van der Waals surface area contributed by atoms with E-state index in [-0.39, 0.29) is 11.9 Å². The minimum Gasteiger partial charge on any atom is -0.493 e. The van der Waals surface area contributed by atoms with E-state index in [1.54, 1.807) is 20.3 Å². The van der Waals surface area contributed by atoms with Crippen molar-refractivity contribution in [1.82, 2.24) is 10.2 Å². The van der Waals surface area contributed by atoms with Crippen LogP contribution in [0.1, 0.15) is 36.0 Å². The minimum absolute atomic E-state index is 0.0485. The van der Waals surface area contributed by atoms with Crippen LogP contribution in [0.3, 0.4) is 0 Å². The van der Waals surface area contributed by atoms with Gasteiger partial charge in [0.15, 0.2) is 11.5 Å². The highest BCUT2D eigenvalue weighted by Gasteiger charge is 2.35. The first kappa shape index (κ1) is 27.4. The molecule has 1 heterocycles. The number of ether oxygens (including phenoxy) is 3. The van der Waals surface area contributed by atoms with Crippen molar-refractivity contribution in [3.05, 3.63) is 93.0 Å². The molecule has 3 aromatic carbocycles. The minimum atomic E-state index is 0.0485. The fraction of sp³-hybridized carbons (Fsp3) is 0.323. The molecule has 39 heavy (non-hydrogen) atoms. The Kier molecular flexibility index (Phi) is 8.66. The van der Waals surface area contributed by atoms with Crippen LogP contribution in [0.5, 0.6) is 17.2 Å². The van der Waals surface area contributed by atoms with Crippen molar-refractivity contribution >= 4 is 34.7 Å². The van der Waals surface area contributed by atoms with Crippen molar-refractivity contribution in [2.24, 2.45) is 0 Å². The van der Waals surface area contributed by atoms with Gasteiger partial charge < -0.3 is 24.4 Å². The molecule has 6 nitrogen and oxygen atoms in total. The summed E-state index contributed by atoms with van der Waals surface area (Å²) in [5.41, 5.74) is 4.68. The number of carbonyl (C=O) groups excluding carboxylic acids is 1. The fourth-order valence-corrected chi connectivity index (χ4v) is 5.28. The van der Waals surface area contributed by atoms with Crippen LogP contribution in [0.25, 0.3) is 5.57 Å². The van der Waals surface area contributed by atoms with Gasteiger partial charge in [-0.2, -0.15) is 0 Å². The number of hydrogen-bond donors (Lipinski definition) is 1. The molecular weight excluding hydrogens is 535 g/mol. The van der Waals surface area contributed by atoms with E-state index < -0.39 is 0 Å².